The molecule has 0 saturated carbocycles. The summed E-state index contributed by atoms with van der Waals surface area (Å²) >= 11 is 0. The van der Waals surface area contributed by atoms with E-state index in [1.165, 1.54) is 0 Å². The van der Waals surface area contributed by atoms with Gasteiger partial charge in [-0.15, -0.1) is 0 Å². The van der Waals surface area contributed by atoms with E-state index in [0.29, 0.717) is 4.90 Å². The lowest BCUT2D eigenvalue weighted by molar-refractivity contribution is 0.00578. The fourth-order valence-electron chi connectivity index (χ4n) is 1.65. The number of anilines is 1. The summed E-state index contributed by atoms with van der Waals surface area (Å²) in [6, 6.07) is 0. The summed E-state index contributed by atoms with van der Waals surface area (Å²) < 4.78 is 74.3. The number of nitrogens with zero attached hydrogens (tertiary/aromatic N) is 3. The SMILES string of the molecule is [2H]c1nc(N2C([2H])([2H])C([2H])([2H])C2([2H])[2H])nc([2H])c1B1OC(C)(C)C(C)(C)O1. The van der Waals surface area contributed by atoms with Crippen molar-refractivity contribution in [3.8, 4) is 0 Å². The van der Waals surface area contributed by atoms with E-state index < -0.39 is 56.0 Å². The van der Waals surface area contributed by atoms with Gasteiger partial charge in [0.25, 0.3) is 0 Å². The summed E-state index contributed by atoms with van der Waals surface area (Å²) in [7, 11) is -1.07. The molecule has 0 amide bonds. The first kappa shape index (κ1) is 6.54. The van der Waals surface area contributed by atoms with E-state index in [-0.39, 0.29) is 5.46 Å². The van der Waals surface area contributed by atoms with Crippen LogP contribution >= 0.6 is 0 Å². The average molecular weight is 269 g/mol. The molecule has 1 aromatic heterocycles. The van der Waals surface area contributed by atoms with Gasteiger partial charge in [-0.3, -0.25) is 0 Å². The fourth-order valence-corrected chi connectivity index (χ4v) is 1.65. The smallest absolute Gasteiger partial charge is 0.399 e. The molecule has 1 aromatic rings. The van der Waals surface area contributed by atoms with Crippen molar-refractivity contribution in [2.24, 2.45) is 0 Å². The molecular formula is C13H20BN3O2. The van der Waals surface area contributed by atoms with E-state index in [4.69, 9.17) is 20.3 Å². The van der Waals surface area contributed by atoms with Gasteiger partial charge in [0, 0.05) is 39.0 Å². The Kier molecular flexibility index (Phi) is 1.44. The zero-order valence-electron chi connectivity index (χ0n) is 19.2. The highest BCUT2D eigenvalue weighted by molar-refractivity contribution is 6.61. The molecule has 5 nitrogen and oxygen atoms in total. The Bertz CT molecular complexity index is 747. The minimum Gasteiger partial charge on any atom is -0.399 e. The van der Waals surface area contributed by atoms with Crippen molar-refractivity contribution < 1.29 is 20.3 Å². The van der Waals surface area contributed by atoms with Crippen molar-refractivity contribution in [3.63, 3.8) is 0 Å². The summed E-state index contributed by atoms with van der Waals surface area (Å²) in [5.41, 5.74) is -1.47. The predicted octanol–water partition coefficient (Wildman–Crippen LogP) is 0.986. The van der Waals surface area contributed by atoms with Gasteiger partial charge in [0.15, 0.2) is 0 Å². The van der Waals surface area contributed by atoms with Crippen molar-refractivity contribution in [2.75, 3.05) is 17.9 Å². The molecule has 102 valence electrons. The zero-order chi connectivity index (χ0) is 20.8. The topological polar surface area (TPSA) is 47.5 Å². The first-order chi connectivity index (χ1) is 12.0. The van der Waals surface area contributed by atoms with Crippen LogP contribution in [0.25, 0.3) is 0 Å². The summed E-state index contributed by atoms with van der Waals surface area (Å²) in [5, 5.41) is 0. The molecule has 19 heavy (non-hydrogen) atoms. The predicted molar refractivity (Wildman–Crippen MR) is 74.6 cm³/mol. The van der Waals surface area contributed by atoms with E-state index in [9.17, 15) is 0 Å². The second-order valence-electron chi connectivity index (χ2n) is 5.43. The number of rotatable bonds is 2. The lowest BCUT2D eigenvalue weighted by atomic mass is 9.81. The highest BCUT2D eigenvalue weighted by atomic mass is 16.7. The van der Waals surface area contributed by atoms with Gasteiger partial charge >= 0.3 is 7.12 Å². The minimum absolute atomic E-state index is 0.0537. The van der Waals surface area contributed by atoms with Crippen LogP contribution in [0.2, 0.25) is 0 Å². The van der Waals surface area contributed by atoms with Gasteiger partial charge < -0.3 is 14.2 Å². The Balaban J connectivity index is 2.01. The van der Waals surface area contributed by atoms with Crippen LogP contribution < -0.4 is 10.4 Å². The van der Waals surface area contributed by atoms with Crippen molar-refractivity contribution >= 4 is 18.5 Å². The van der Waals surface area contributed by atoms with E-state index in [1.54, 1.807) is 27.7 Å². The molecule has 2 fully saturated rings. The minimum atomic E-state index is -2.81. The molecule has 0 bridgehead atoms. The summed E-state index contributed by atoms with van der Waals surface area (Å²) in [6.45, 7) is 1.76. The fraction of sp³-hybridized carbons (Fsp3) is 0.692. The summed E-state index contributed by atoms with van der Waals surface area (Å²) in [4.78, 5) is 8.02. The lowest BCUT2D eigenvalue weighted by Gasteiger charge is -2.32. The Labute approximate surface area is 125 Å². The normalized spacial score (nSPS) is 38.5. The maximum atomic E-state index is 8.13. The third kappa shape index (κ3) is 2.13. The van der Waals surface area contributed by atoms with Gasteiger partial charge in [-0.1, -0.05) is 0 Å². The van der Waals surface area contributed by atoms with Crippen LogP contribution in [0.4, 0.5) is 5.95 Å². The standard InChI is InChI=1S/C13H20BN3O2/c1-12(2)13(3,4)19-14(18-12)10-8-15-11(16-9-10)17-6-5-7-17/h8-9H,5-7H2,1-4H3/i5D2,6D2,7D2,8D,9D. The maximum absolute atomic E-state index is 8.13. The van der Waals surface area contributed by atoms with Crippen LogP contribution in [0.15, 0.2) is 12.3 Å². The second kappa shape index (κ2) is 4.18. The molecule has 3 heterocycles. The van der Waals surface area contributed by atoms with Crippen LogP contribution in [-0.2, 0) is 9.31 Å². The Morgan fingerprint density at radius 2 is 1.74 bits per heavy atom. The van der Waals surface area contributed by atoms with Gasteiger partial charge in [0.2, 0.25) is 5.95 Å². The number of hydrogen-bond acceptors (Lipinski definition) is 5. The van der Waals surface area contributed by atoms with Crippen LogP contribution in [-0.4, -0.2) is 41.3 Å². The first-order valence-corrected chi connectivity index (χ1v) is 5.98. The molecule has 3 rings (SSSR count). The monoisotopic (exact) mass is 269 g/mol. The molecule has 0 N–H and O–H groups in total. The van der Waals surface area contributed by atoms with E-state index in [0.717, 1.165) is 0 Å². The third-order valence-corrected chi connectivity index (χ3v) is 3.58. The van der Waals surface area contributed by atoms with Gasteiger partial charge in [-0.2, -0.15) is 0 Å². The molecule has 0 unspecified atom stereocenters. The molecule has 2 aliphatic rings. The largest absolute Gasteiger partial charge is 0.498 e. The quantitative estimate of drug-likeness (QED) is 0.749. The molecule has 2 aliphatic heterocycles. The van der Waals surface area contributed by atoms with Gasteiger partial charge in [-0.25, -0.2) is 9.97 Å². The molecule has 0 spiro atoms. The van der Waals surface area contributed by atoms with Crippen LogP contribution in [0, 0.1) is 0 Å². The number of aromatic nitrogens is 2. The Hall–Kier alpha value is -1.14. The van der Waals surface area contributed by atoms with E-state index in [1.807, 2.05) is 0 Å². The molecule has 0 aromatic carbocycles. The maximum Gasteiger partial charge on any atom is 0.498 e. The Morgan fingerprint density at radius 3 is 2.26 bits per heavy atom. The van der Waals surface area contributed by atoms with E-state index in [2.05, 4.69) is 9.97 Å². The van der Waals surface area contributed by atoms with Gasteiger partial charge in [0.1, 0.15) is 0 Å². The van der Waals surface area contributed by atoms with Gasteiger partial charge in [0.05, 0.1) is 13.9 Å². The molecule has 6 heteroatoms. The Morgan fingerprint density at radius 1 is 1.21 bits per heavy atom. The van der Waals surface area contributed by atoms with Crippen molar-refractivity contribution in [3.05, 3.63) is 12.3 Å². The van der Waals surface area contributed by atoms with Crippen molar-refractivity contribution in [2.45, 2.75) is 45.3 Å². The molecule has 0 radical (unpaired) electrons. The highest BCUT2D eigenvalue weighted by Crippen LogP contribution is 2.36. The molecule has 0 aliphatic carbocycles. The van der Waals surface area contributed by atoms with E-state index >= 15 is 0 Å². The second-order valence-corrected chi connectivity index (χ2v) is 5.43. The molecular weight excluding hydrogens is 241 g/mol. The highest BCUT2D eigenvalue weighted by Gasteiger charge is 2.51. The van der Waals surface area contributed by atoms with Crippen LogP contribution in [0.1, 0.15) is 45.0 Å². The zero-order valence-corrected chi connectivity index (χ0v) is 11.2. The van der Waals surface area contributed by atoms with Gasteiger partial charge in [-0.05, 0) is 34.1 Å². The molecule has 2 saturated heterocycles. The molecule has 0 atom stereocenters. The summed E-state index contributed by atoms with van der Waals surface area (Å²) in [6.07, 6.45) is -3.75. The van der Waals surface area contributed by atoms with Crippen LogP contribution in [0.5, 0.6) is 0 Å². The van der Waals surface area contributed by atoms with Crippen molar-refractivity contribution in [1.82, 2.24) is 9.97 Å². The third-order valence-electron chi connectivity index (χ3n) is 3.58. The van der Waals surface area contributed by atoms with Crippen molar-refractivity contribution in [1.29, 1.82) is 0 Å². The summed E-state index contributed by atoms with van der Waals surface area (Å²) in [5.74, 6) is -0.574. The average Bonchev–Trinajstić information content (AvgIpc) is 2.64. The lowest BCUT2D eigenvalue weighted by Crippen LogP contribution is -2.41. The number of hydrogen-bond donors (Lipinski definition) is 0. The first-order valence-electron chi connectivity index (χ1n) is 9.98. The van der Waals surface area contributed by atoms with Crippen LogP contribution in [0.3, 0.4) is 0 Å².